The smallest absolute Gasteiger partial charge is 0.223 e. The minimum absolute atomic E-state index is 0.0325. The van der Waals surface area contributed by atoms with Crippen LogP contribution in [0.15, 0.2) is 24.3 Å². The van der Waals surface area contributed by atoms with Gasteiger partial charge in [0.05, 0.1) is 18.7 Å². The lowest BCUT2D eigenvalue weighted by Gasteiger charge is -2.31. The van der Waals surface area contributed by atoms with Gasteiger partial charge in [-0.15, -0.1) is 0 Å². The second kappa shape index (κ2) is 7.78. The molecule has 20 heavy (non-hydrogen) atoms. The number of rotatable bonds is 8. The van der Waals surface area contributed by atoms with Gasteiger partial charge in [0.15, 0.2) is 0 Å². The van der Waals surface area contributed by atoms with Gasteiger partial charge in [0.2, 0.25) is 5.91 Å². The SMILES string of the molecule is CCC(CC)(CC)NC(=O)CCOc1ccccc1N. The van der Waals surface area contributed by atoms with Gasteiger partial charge in [-0.25, -0.2) is 0 Å². The Morgan fingerprint density at radius 1 is 1.20 bits per heavy atom. The van der Waals surface area contributed by atoms with E-state index in [0.717, 1.165) is 19.3 Å². The molecule has 1 aromatic carbocycles. The van der Waals surface area contributed by atoms with E-state index in [0.29, 0.717) is 24.5 Å². The molecule has 112 valence electrons. The lowest BCUT2D eigenvalue weighted by Crippen LogP contribution is -2.47. The molecule has 0 heterocycles. The molecule has 0 fully saturated rings. The number of carbonyl (C=O) groups excluding carboxylic acids is 1. The fourth-order valence-electron chi connectivity index (χ4n) is 2.24. The number of benzene rings is 1. The Kier molecular flexibility index (Phi) is 6.36. The number of hydrogen-bond donors (Lipinski definition) is 2. The lowest BCUT2D eigenvalue weighted by molar-refractivity contribution is -0.123. The lowest BCUT2D eigenvalue weighted by atomic mass is 9.89. The van der Waals surface area contributed by atoms with Gasteiger partial charge in [0.25, 0.3) is 0 Å². The second-order valence-electron chi connectivity index (χ2n) is 5.03. The van der Waals surface area contributed by atoms with E-state index in [4.69, 9.17) is 10.5 Å². The molecule has 0 saturated carbocycles. The number of nitrogens with one attached hydrogen (secondary N) is 1. The van der Waals surface area contributed by atoms with Crippen LogP contribution in [0.4, 0.5) is 5.69 Å². The number of nitrogens with two attached hydrogens (primary N) is 1. The maximum atomic E-state index is 12.0. The van der Waals surface area contributed by atoms with Crippen LogP contribution in [0.2, 0.25) is 0 Å². The fraction of sp³-hybridized carbons (Fsp3) is 0.562. The van der Waals surface area contributed by atoms with Crippen LogP contribution in [0.25, 0.3) is 0 Å². The highest BCUT2D eigenvalue weighted by Crippen LogP contribution is 2.21. The molecule has 1 aromatic rings. The highest BCUT2D eigenvalue weighted by Gasteiger charge is 2.25. The number of amides is 1. The predicted molar refractivity (Wildman–Crippen MR) is 82.7 cm³/mol. The molecule has 0 saturated heterocycles. The Morgan fingerprint density at radius 2 is 1.80 bits per heavy atom. The summed E-state index contributed by atoms with van der Waals surface area (Å²) in [6, 6.07) is 7.31. The Labute approximate surface area is 121 Å². The van der Waals surface area contributed by atoms with E-state index in [1.807, 2.05) is 18.2 Å². The monoisotopic (exact) mass is 278 g/mol. The molecule has 0 spiro atoms. The van der Waals surface area contributed by atoms with Gasteiger partial charge in [-0.05, 0) is 31.4 Å². The van der Waals surface area contributed by atoms with Crippen molar-refractivity contribution in [3.63, 3.8) is 0 Å². The number of hydrogen-bond acceptors (Lipinski definition) is 3. The molecule has 1 amide bonds. The largest absolute Gasteiger partial charge is 0.491 e. The zero-order valence-electron chi connectivity index (χ0n) is 12.7. The zero-order chi connectivity index (χ0) is 15.0. The number of ether oxygens (including phenoxy) is 1. The summed E-state index contributed by atoms with van der Waals surface area (Å²) in [5, 5.41) is 3.13. The minimum Gasteiger partial charge on any atom is -0.491 e. The Bertz CT molecular complexity index is 420. The summed E-state index contributed by atoms with van der Waals surface area (Å²) in [5.41, 5.74) is 6.29. The highest BCUT2D eigenvalue weighted by atomic mass is 16.5. The van der Waals surface area contributed by atoms with Crippen molar-refractivity contribution in [2.75, 3.05) is 12.3 Å². The molecule has 0 aliphatic carbocycles. The number of para-hydroxylation sites is 2. The van der Waals surface area contributed by atoms with Crippen molar-refractivity contribution < 1.29 is 9.53 Å². The van der Waals surface area contributed by atoms with Gasteiger partial charge in [-0.2, -0.15) is 0 Å². The third kappa shape index (κ3) is 4.44. The molecule has 0 aliphatic heterocycles. The average molecular weight is 278 g/mol. The van der Waals surface area contributed by atoms with Crippen molar-refractivity contribution in [2.45, 2.75) is 52.0 Å². The van der Waals surface area contributed by atoms with E-state index < -0.39 is 0 Å². The fourth-order valence-corrected chi connectivity index (χ4v) is 2.24. The van der Waals surface area contributed by atoms with E-state index >= 15 is 0 Å². The van der Waals surface area contributed by atoms with Crippen LogP contribution < -0.4 is 15.8 Å². The third-order valence-electron chi connectivity index (χ3n) is 3.94. The number of nitrogen functional groups attached to an aromatic ring is 1. The van der Waals surface area contributed by atoms with Crippen molar-refractivity contribution in [1.82, 2.24) is 5.32 Å². The van der Waals surface area contributed by atoms with Crippen LogP contribution >= 0.6 is 0 Å². The van der Waals surface area contributed by atoms with Crippen molar-refractivity contribution in [1.29, 1.82) is 0 Å². The minimum atomic E-state index is -0.0805. The maximum Gasteiger partial charge on any atom is 0.223 e. The molecule has 1 rings (SSSR count). The van der Waals surface area contributed by atoms with Gasteiger partial charge in [0.1, 0.15) is 5.75 Å². The molecule has 3 N–H and O–H groups in total. The quantitative estimate of drug-likeness (QED) is 0.718. The highest BCUT2D eigenvalue weighted by molar-refractivity contribution is 5.77. The Balaban J connectivity index is 2.42. The molecule has 0 radical (unpaired) electrons. The molecule has 0 aliphatic rings. The number of anilines is 1. The maximum absolute atomic E-state index is 12.0. The second-order valence-corrected chi connectivity index (χ2v) is 5.03. The van der Waals surface area contributed by atoms with E-state index in [9.17, 15) is 4.79 Å². The van der Waals surface area contributed by atoms with Gasteiger partial charge in [-0.1, -0.05) is 32.9 Å². The molecule has 0 bridgehead atoms. The van der Waals surface area contributed by atoms with Crippen LogP contribution in [0.1, 0.15) is 46.5 Å². The standard InChI is InChI=1S/C16H26N2O2/c1-4-16(5-2,6-3)18-15(19)11-12-20-14-10-8-7-9-13(14)17/h7-10H,4-6,11-12,17H2,1-3H3,(H,18,19). The van der Waals surface area contributed by atoms with E-state index in [1.165, 1.54) is 0 Å². The van der Waals surface area contributed by atoms with Crippen LogP contribution in [0.3, 0.4) is 0 Å². The van der Waals surface area contributed by atoms with Gasteiger partial charge < -0.3 is 15.8 Å². The third-order valence-corrected chi connectivity index (χ3v) is 3.94. The van der Waals surface area contributed by atoms with E-state index in [2.05, 4.69) is 26.1 Å². The molecule has 0 atom stereocenters. The first-order valence-electron chi connectivity index (χ1n) is 7.35. The summed E-state index contributed by atoms with van der Waals surface area (Å²) >= 11 is 0. The van der Waals surface area contributed by atoms with E-state index in [1.54, 1.807) is 6.07 Å². The topological polar surface area (TPSA) is 64.3 Å². The van der Waals surface area contributed by atoms with Gasteiger partial charge in [-0.3, -0.25) is 4.79 Å². The predicted octanol–water partition coefficient (Wildman–Crippen LogP) is 3.12. The van der Waals surface area contributed by atoms with E-state index in [-0.39, 0.29) is 11.4 Å². The summed E-state index contributed by atoms with van der Waals surface area (Å²) in [6.45, 7) is 6.66. The summed E-state index contributed by atoms with van der Waals surface area (Å²) in [4.78, 5) is 12.0. The molecule has 0 unspecified atom stereocenters. The van der Waals surface area contributed by atoms with Crippen molar-refractivity contribution in [3.8, 4) is 5.75 Å². The molecular formula is C16H26N2O2. The number of carbonyl (C=O) groups is 1. The first kappa shape index (κ1) is 16.3. The van der Waals surface area contributed by atoms with Crippen LogP contribution in [0, 0.1) is 0 Å². The molecular weight excluding hydrogens is 252 g/mol. The summed E-state index contributed by atoms with van der Waals surface area (Å²) in [6.07, 6.45) is 3.17. The van der Waals surface area contributed by atoms with Crippen LogP contribution in [-0.4, -0.2) is 18.1 Å². The first-order chi connectivity index (χ1) is 9.56. The molecule has 4 nitrogen and oxygen atoms in total. The normalized spacial score (nSPS) is 11.2. The molecule has 4 heteroatoms. The van der Waals surface area contributed by atoms with Crippen LogP contribution in [0.5, 0.6) is 5.75 Å². The van der Waals surface area contributed by atoms with Crippen LogP contribution in [-0.2, 0) is 4.79 Å². The summed E-state index contributed by atoms with van der Waals surface area (Å²) < 4.78 is 5.54. The van der Waals surface area contributed by atoms with Crippen molar-refractivity contribution in [2.24, 2.45) is 0 Å². The summed E-state index contributed by atoms with van der Waals surface area (Å²) in [5.74, 6) is 0.665. The van der Waals surface area contributed by atoms with Crippen molar-refractivity contribution >= 4 is 11.6 Å². The molecule has 0 aromatic heterocycles. The van der Waals surface area contributed by atoms with Crippen molar-refractivity contribution in [3.05, 3.63) is 24.3 Å². The zero-order valence-corrected chi connectivity index (χ0v) is 12.7. The van der Waals surface area contributed by atoms with Gasteiger partial charge >= 0.3 is 0 Å². The van der Waals surface area contributed by atoms with Gasteiger partial charge in [0, 0.05) is 5.54 Å². The first-order valence-corrected chi connectivity index (χ1v) is 7.35. The summed E-state index contributed by atoms with van der Waals surface area (Å²) in [7, 11) is 0. The average Bonchev–Trinajstić information content (AvgIpc) is 2.47. The Morgan fingerprint density at radius 3 is 2.35 bits per heavy atom. The Hall–Kier alpha value is -1.71.